The van der Waals surface area contributed by atoms with Gasteiger partial charge in [0.15, 0.2) is 0 Å². The third kappa shape index (κ3) is 5.63. The van der Waals surface area contributed by atoms with Crippen LogP contribution in [-0.4, -0.2) is 49.9 Å². The number of piperazine rings is 1. The van der Waals surface area contributed by atoms with Crippen molar-refractivity contribution in [1.82, 2.24) is 4.90 Å². The van der Waals surface area contributed by atoms with Crippen molar-refractivity contribution < 1.29 is 14.3 Å². The molecule has 1 aromatic carbocycles. The molecule has 1 amide bonds. The Kier molecular flexibility index (Phi) is 6.95. The van der Waals surface area contributed by atoms with Gasteiger partial charge < -0.3 is 19.3 Å². The summed E-state index contributed by atoms with van der Waals surface area (Å²) < 4.78 is 12.2. The molecular formula is C24H37BrN2O3. The lowest BCUT2D eigenvalue weighted by molar-refractivity contribution is 0.0240. The van der Waals surface area contributed by atoms with Crippen LogP contribution in [0.5, 0.6) is 5.75 Å². The Labute approximate surface area is 190 Å². The SMILES string of the molecule is COc1cc(N2CCN(C(=O)OC(C)(C)C)CC2)c(C2CCC(C)(C)CC2)cc1Br. The highest BCUT2D eigenvalue weighted by atomic mass is 79.9. The van der Waals surface area contributed by atoms with Crippen molar-refractivity contribution in [3.8, 4) is 5.75 Å². The monoisotopic (exact) mass is 480 g/mol. The molecule has 1 saturated heterocycles. The zero-order chi connectivity index (χ0) is 22.1. The fourth-order valence-electron chi connectivity index (χ4n) is 4.48. The molecule has 5 nitrogen and oxygen atoms in total. The van der Waals surface area contributed by atoms with Gasteiger partial charge in [-0.1, -0.05) is 13.8 Å². The van der Waals surface area contributed by atoms with Crippen LogP contribution in [0.15, 0.2) is 16.6 Å². The molecule has 2 fully saturated rings. The normalized spacial score (nSPS) is 20.2. The first kappa shape index (κ1) is 23.2. The summed E-state index contributed by atoms with van der Waals surface area (Å²) in [6.07, 6.45) is 4.73. The highest BCUT2D eigenvalue weighted by molar-refractivity contribution is 9.10. The molecule has 1 heterocycles. The van der Waals surface area contributed by atoms with Gasteiger partial charge in [0.25, 0.3) is 0 Å². The van der Waals surface area contributed by atoms with Gasteiger partial charge in [-0.15, -0.1) is 0 Å². The van der Waals surface area contributed by atoms with Crippen LogP contribution in [0.2, 0.25) is 0 Å². The second-order valence-corrected chi connectivity index (χ2v) is 11.3. The highest BCUT2D eigenvalue weighted by Crippen LogP contribution is 2.47. The summed E-state index contributed by atoms with van der Waals surface area (Å²) in [5.74, 6) is 1.43. The summed E-state index contributed by atoms with van der Waals surface area (Å²) in [6, 6.07) is 4.43. The summed E-state index contributed by atoms with van der Waals surface area (Å²) in [5.41, 5.74) is 2.64. The Balaban J connectivity index is 1.77. The fraction of sp³-hybridized carbons (Fsp3) is 0.708. The van der Waals surface area contributed by atoms with E-state index >= 15 is 0 Å². The van der Waals surface area contributed by atoms with Crippen LogP contribution < -0.4 is 9.64 Å². The van der Waals surface area contributed by atoms with Gasteiger partial charge in [0.05, 0.1) is 11.6 Å². The maximum absolute atomic E-state index is 12.4. The number of carbonyl (C=O) groups excluding carboxylic acids is 1. The predicted molar refractivity (Wildman–Crippen MR) is 126 cm³/mol. The maximum Gasteiger partial charge on any atom is 0.410 e. The van der Waals surface area contributed by atoms with Crippen LogP contribution in [0.1, 0.15) is 71.8 Å². The van der Waals surface area contributed by atoms with E-state index in [1.54, 1.807) is 7.11 Å². The molecule has 0 unspecified atom stereocenters. The Morgan fingerprint density at radius 1 is 1.10 bits per heavy atom. The first-order valence-corrected chi connectivity index (χ1v) is 11.9. The number of benzene rings is 1. The number of rotatable bonds is 3. The first-order valence-electron chi connectivity index (χ1n) is 11.1. The van der Waals surface area contributed by atoms with Gasteiger partial charge in [-0.3, -0.25) is 0 Å². The molecule has 1 aliphatic heterocycles. The molecule has 1 saturated carbocycles. The van der Waals surface area contributed by atoms with Crippen molar-refractivity contribution in [2.75, 3.05) is 38.2 Å². The number of ether oxygens (including phenoxy) is 2. The number of methoxy groups -OCH3 is 1. The number of anilines is 1. The van der Waals surface area contributed by atoms with E-state index in [-0.39, 0.29) is 6.09 Å². The summed E-state index contributed by atoms with van der Waals surface area (Å²) in [5, 5.41) is 0. The van der Waals surface area contributed by atoms with Crippen molar-refractivity contribution >= 4 is 27.7 Å². The van der Waals surface area contributed by atoms with E-state index < -0.39 is 5.60 Å². The Morgan fingerprint density at radius 3 is 2.23 bits per heavy atom. The number of nitrogens with zero attached hydrogens (tertiary/aromatic N) is 2. The van der Waals surface area contributed by atoms with Crippen LogP contribution in [0, 0.1) is 5.41 Å². The number of carbonyl (C=O) groups is 1. The number of hydrogen-bond acceptors (Lipinski definition) is 4. The molecular weight excluding hydrogens is 444 g/mol. The minimum absolute atomic E-state index is 0.217. The third-order valence-electron chi connectivity index (χ3n) is 6.35. The van der Waals surface area contributed by atoms with Crippen LogP contribution in [0.25, 0.3) is 0 Å². The first-order chi connectivity index (χ1) is 14.0. The van der Waals surface area contributed by atoms with E-state index in [0.29, 0.717) is 24.4 Å². The molecule has 0 aromatic heterocycles. The van der Waals surface area contributed by atoms with Crippen LogP contribution >= 0.6 is 15.9 Å². The average molecular weight is 481 g/mol. The lowest BCUT2D eigenvalue weighted by atomic mass is 9.71. The van der Waals surface area contributed by atoms with Crippen LogP contribution in [-0.2, 0) is 4.74 Å². The molecule has 3 rings (SSSR count). The highest BCUT2D eigenvalue weighted by Gasteiger charge is 2.32. The second kappa shape index (κ2) is 8.97. The Bertz CT molecular complexity index is 754. The van der Waals surface area contributed by atoms with E-state index in [1.165, 1.54) is 36.9 Å². The molecule has 0 radical (unpaired) electrons. The van der Waals surface area contributed by atoms with Gasteiger partial charge in [0.1, 0.15) is 11.4 Å². The topological polar surface area (TPSA) is 42.0 Å². The smallest absolute Gasteiger partial charge is 0.410 e. The molecule has 30 heavy (non-hydrogen) atoms. The zero-order valence-corrected chi connectivity index (χ0v) is 21.0. The van der Waals surface area contributed by atoms with E-state index in [4.69, 9.17) is 9.47 Å². The molecule has 0 N–H and O–H groups in total. The number of hydrogen-bond donors (Lipinski definition) is 0. The van der Waals surface area contributed by atoms with Crippen LogP contribution in [0.4, 0.5) is 10.5 Å². The quantitative estimate of drug-likeness (QED) is 0.516. The third-order valence-corrected chi connectivity index (χ3v) is 6.97. The summed E-state index contributed by atoms with van der Waals surface area (Å²) >= 11 is 3.70. The summed E-state index contributed by atoms with van der Waals surface area (Å²) in [6.45, 7) is 13.4. The summed E-state index contributed by atoms with van der Waals surface area (Å²) in [7, 11) is 1.72. The molecule has 0 bridgehead atoms. The molecule has 6 heteroatoms. The molecule has 0 spiro atoms. The van der Waals surface area contributed by atoms with Gasteiger partial charge >= 0.3 is 6.09 Å². The largest absolute Gasteiger partial charge is 0.495 e. The minimum atomic E-state index is -0.463. The van der Waals surface area contributed by atoms with Crippen molar-refractivity contribution in [3.63, 3.8) is 0 Å². The van der Waals surface area contributed by atoms with Crippen molar-refractivity contribution in [2.45, 2.75) is 71.8 Å². The van der Waals surface area contributed by atoms with Crippen molar-refractivity contribution in [2.24, 2.45) is 5.41 Å². The van der Waals surface area contributed by atoms with Crippen molar-refractivity contribution in [3.05, 3.63) is 22.2 Å². The molecule has 0 atom stereocenters. The molecule has 1 aliphatic carbocycles. The van der Waals surface area contributed by atoms with E-state index in [0.717, 1.165) is 23.3 Å². The van der Waals surface area contributed by atoms with E-state index in [2.05, 4.69) is 46.8 Å². The van der Waals surface area contributed by atoms with Gasteiger partial charge in [0.2, 0.25) is 0 Å². The lowest BCUT2D eigenvalue weighted by Crippen LogP contribution is -2.50. The Morgan fingerprint density at radius 2 is 1.70 bits per heavy atom. The molecule has 168 valence electrons. The average Bonchev–Trinajstić information content (AvgIpc) is 2.66. The maximum atomic E-state index is 12.4. The fourth-order valence-corrected chi connectivity index (χ4v) is 5.00. The van der Waals surface area contributed by atoms with Crippen LogP contribution in [0.3, 0.4) is 0 Å². The van der Waals surface area contributed by atoms with Crippen molar-refractivity contribution in [1.29, 1.82) is 0 Å². The molecule has 1 aromatic rings. The van der Waals surface area contributed by atoms with Gasteiger partial charge in [-0.25, -0.2) is 4.79 Å². The number of halogens is 1. The van der Waals surface area contributed by atoms with Gasteiger partial charge in [-0.2, -0.15) is 0 Å². The van der Waals surface area contributed by atoms with E-state index in [1.807, 2.05) is 25.7 Å². The Hall–Kier alpha value is -1.43. The molecule has 2 aliphatic rings. The van der Waals surface area contributed by atoms with Gasteiger partial charge in [-0.05, 0) is 85.3 Å². The lowest BCUT2D eigenvalue weighted by Gasteiger charge is -2.40. The number of amides is 1. The second-order valence-electron chi connectivity index (χ2n) is 10.4. The van der Waals surface area contributed by atoms with E-state index in [9.17, 15) is 4.79 Å². The minimum Gasteiger partial charge on any atom is -0.495 e. The predicted octanol–water partition coefficient (Wildman–Crippen LogP) is 6.20. The standard InChI is InChI=1S/C24H37BrN2O3/c1-23(2,3)30-22(28)27-13-11-26(12-14-27)20-16-21(29-6)19(25)15-18(20)17-7-9-24(4,5)10-8-17/h15-17H,7-14H2,1-6H3. The van der Waals surface area contributed by atoms with Gasteiger partial charge in [0, 0.05) is 37.9 Å². The zero-order valence-electron chi connectivity index (χ0n) is 19.4. The summed E-state index contributed by atoms with van der Waals surface area (Å²) in [4.78, 5) is 16.7.